The van der Waals surface area contributed by atoms with E-state index in [1.54, 1.807) is 18.2 Å². The SMILES string of the molecule is Cc1ccc(NC(=O)/C(C#N)=C\c2cc(Br)c(OCc3ccc(Br)cc3)c(I)c2)cc1Cl. The maximum absolute atomic E-state index is 12.6. The van der Waals surface area contributed by atoms with Crippen molar-refractivity contribution >= 4 is 83.7 Å². The van der Waals surface area contributed by atoms with E-state index in [9.17, 15) is 10.1 Å². The van der Waals surface area contributed by atoms with E-state index in [0.29, 0.717) is 28.6 Å². The Morgan fingerprint density at radius 3 is 2.53 bits per heavy atom. The molecule has 0 aliphatic heterocycles. The van der Waals surface area contributed by atoms with Crippen LogP contribution >= 0.6 is 66.1 Å². The monoisotopic (exact) mass is 684 g/mol. The molecule has 0 unspecified atom stereocenters. The molecule has 0 fully saturated rings. The van der Waals surface area contributed by atoms with Gasteiger partial charge in [-0.1, -0.05) is 45.7 Å². The van der Waals surface area contributed by atoms with Crippen molar-refractivity contribution in [1.82, 2.24) is 0 Å². The predicted octanol–water partition coefficient (Wildman–Crippen LogP) is 7.90. The van der Waals surface area contributed by atoms with Crippen LogP contribution < -0.4 is 10.1 Å². The first-order chi connectivity index (χ1) is 15.3. The molecule has 1 N–H and O–H groups in total. The smallest absolute Gasteiger partial charge is 0.266 e. The van der Waals surface area contributed by atoms with Gasteiger partial charge in [-0.2, -0.15) is 5.26 Å². The fourth-order valence-corrected chi connectivity index (χ4v) is 4.93. The van der Waals surface area contributed by atoms with Gasteiger partial charge in [0, 0.05) is 15.2 Å². The molecule has 4 nitrogen and oxygen atoms in total. The van der Waals surface area contributed by atoms with Crippen LogP contribution in [-0.4, -0.2) is 5.91 Å². The summed E-state index contributed by atoms with van der Waals surface area (Å²) in [5, 5.41) is 12.8. The molecule has 0 aliphatic carbocycles. The number of carbonyl (C=O) groups excluding carboxylic acids is 1. The van der Waals surface area contributed by atoms with Crippen molar-refractivity contribution in [3.8, 4) is 11.8 Å². The highest BCUT2D eigenvalue weighted by Crippen LogP contribution is 2.33. The summed E-state index contributed by atoms with van der Waals surface area (Å²) < 4.78 is 8.57. The number of rotatable bonds is 6. The van der Waals surface area contributed by atoms with Gasteiger partial charge in [-0.15, -0.1) is 0 Å². The molecule has 0 aliphatic rings. The zero-order chi connectivity index (χ0) is 23.3. The minimum atomic E-state index is -0.505. The van der Waals surface area contributed by atoms with Gasteiger partial charge >= 0.3 is 0 Å². The summed E-state index contributed by atoms with van der Waals surface area (Å²) in [5.41, 5.74) is 3.15. The Hall–Kier alpha value is -1.86. The summed E-state index contributed by atoms with van der Waals surface area (Å²) in [5.74, 6) is 0.192. The minimum Gasteiger partial charge on any atom is -0.487 e. The molecule has 8 heteroatoms. The molecule has 3 rings (SSSR count). The van der Waals surface area contributed by atoms with E-state index in [2.05, 4.69) is 59.8 Å². The van der Waals surface area contributed by atoms with E-state index >= 15 is 0 Å². The molecule has 3 aromatic rings. The largest absolute Gasteiger partial charge is 0.487 e. The molecular formula is C24H16Br2ClIN2O2. The standard InChI is InChI=1S/C24H16Br2ClIN2O2/c1-14-2-7-19(11-21(14)27)30-24(31)17(12-29)8-16-9-20(26)23(22(28)10-16)32-13-15-3-5-18(25)6-4-15/h2-11H,13H2,1H3,(H,30,31)/b17-8-. The second-order valence-electron chi connectivity index (χ2n) is 6.82. The van der Waals surface area contributed by atoms with Crippen molar-refractivity contribution in [2.75, 3.05) is 5.32 Å². The quantitative estimate of drug-likeness (QED) is 0.163. The summed E-state index contributed by atoms with van der Waals surface area (Å²) in [6.45, 7) is 2.29. The molecule has 0 saturated heterocycles. The van der Waals surface area contributed by atoms with Gasteiger partial charge < -0.3 is 10.1 Å². The van der Waals surface area contributed by atoms with Crippen LogP contribution in [0.2, 0.25) is 5.02 Å². The molecule has 0 radical (unpaired) electrons. The molecule has 0 saturated carbocycles. The van der Waals surface area contributed by atoms with Crippen LogP contribution in [0.4, 0.5) is 5.69 Å². The third-order valence-electron chi connectivity index (χ3n) is 4.42. The van der Waals surface area contributed by atoms with E-state index in [4.69, 9.17) is 16.3 Å². The lowest BCUT2D eigenvalue weighted by molar-refractivity contribution is -0.112. The number of amides is 1. The third-order valence-corrected chi connectivity index (χ3v) is 6.75. The Kier molecular flexibility index (Phi) is 8.77. The topological polar surface area (TPSA) is 62.1 Å². The Bertz CT molecular complexity index is 1210. The maximum Gasteiger partial charge on any atom is 0.266 e. The van der Waals surface area contributed by atoms with Crippen molar-refractivity contribution in [2.45, 2.75) is 13.5 Å². The molecular weight excluding hydrogens is 670 g/mol. The number of benzene rings is 3. The number of nitriles is 1. The number of hydrogen-bond acceptors (Lipinski definition) is 3. The third kappa shape index (κ3) is 6.58. The first-order valence-electron chi connectivity index (χ1n) is 9.32. The van der Waals surface area contributed by atoms with Crippen LogP contribution in [-0.2, 0) is 11.4 Å². The van der Waals surface area contributed by atoms with Crippen molar-refractivity contribution < 1.29 is 9.53 Å². The molecule has 3 aromatic carbocycles. The number of anilines is 1. The second-order valence-corrected chi connectivity index (χ2v) is 10.2. The number of hydrogen-bond donors (Lipinski definition) is 1. The molecule has 0 heterocycles. The van der Waals surface area contributed by atoms with Crippen LogP contribution in [0.15, 0.2) is 69.1 Å². The fraction of sp³-hybridized carbons (Fsp3) is 0.0833. The van der Waals surface area contributed by atoms with Crippen LogP contribution in [0, 0.1) is 21.8 Å². The Balaban J connectivity index is 1.77. The Morgan fingerprint density at radius 2 is 1.91 bits per heavy atom. The highest BCUT2D eigenvalue weighted by Gasteiger charge is 2.13. The minimum absolute atomic E-state index is 0.0204. The van der Waals surface area contributed by atoms with E-state index in [1.165, 1.54) is 6.08 Å². The van der Waals surface area contributed by atoms with Gasteiger partial charge in [-0.3, -0.25) is 4.79 Å². The molecule has 0 aromatic heterocycles. The highest BCUT2D eigenvalue weighted by molar-refractivity contribution is 14.1. The van der Waals surface area contributed by atoms with Crippen molar-refractivity contribution in [3.05, 3.63) is 94.4 Å². The Morgan fingerprint density at radius 1 is 1.19 bits per heavy atom. The first-order valence-corrected chi connectivity index (χ1v) is 12.4. The summed E-state index contributed by atoms with van der Waals surface area (Å²) in [6, 6.07) is 18.7. The second kappa shape index (κ2) is 11.3. The van der Waals surface area contributed by atoms with E-state index in [-0.39, 0.29) is 5.57 Å². The van der Waals surface area contributed by atoms with Gasteiger partial charge in [0.25, 0.3) is 5.91 Å². The summed E-state index contributed by atoms with van der Waals surface area (Å²) in [7, 11) is 0. The van der Waals surface area contributed by atoms with Gasteiger partial charge in [0.15, 0.2) is 0 Å². The van der Waals surface area contributed by atoms with Gasteiger partial charge in [0.2, 0.25) is 0 Å². The van der Waals surface area contributed by atoms with E-state index < -0.39 is 5.91 Å². The number of halogens is 4. The maximum atomic E-state index is 12.6. The lowest BCUT2D eigenvalue weighted by Gasteiger charge is -2.12. The average Bonchev–Trinajstić information content (AvgIpc) is 2.75. The lowest BCUT2D eigenvalue weighted by atomic mass is 10.1. The van der Waals surface area contributed by atoms with Crippen molar-refractivity contribution in [1.29, 1.82) is 5.26 Å². The summed E-state index contributed by atoms with van der Waals surface area (Å²) >= 11 is 15.2. The fourth-order valence-electron chi connectivity index (χ4n) is 2.72. The van der Waals surface area contributed by atoms with E-state index in [0.717, 1.165) is 23.6 Å². The van der Waals surface area contributed by atoms with Crippen LogP contribution in [0.25, 0.3) is 6.08 Å². The predicted molar refractivity (Wildman–Crippen MR) is 144 cm³/mol. The Labute approximate surface area is 222 Å². The molecule has 1 amide bonds. The number of aryl methyl sites for hydroxylation is 1. The molecule has 0 bridgehead atoms. The van der Waals surface area contributed by atoms with Gasteiger partial charge in [-0.25, -0.2) is 0 Å². The zero-order valence-corrected chi connectivity index (χ0v) is 22.8. The van der Waals surface area contributed by atoms with Crippen LogP contribution in [0.3, 0.4) is 0 Å². The molecule has 0 spiro atoms. The van der Waals surface area contributed by atoms with Crippen LogP contribution in [0.1, 0.15) is 16.7 Å². The van der Waals surface area contributed by atoms with Gasteiger partial charge in [0.05, 0.1) is 8.04 Å². The van der Waals surface area contributed by atoms with Crippen molar-refractivity contribution in [2.24, 2.45) is 0 Å². The number of nitrogens with one attached hydrogen (secondary N) is 1. The average molecular weight is 687 g/mol. The molecule has 32 heavy (non-hydrogen) atoms. The van der Waals surface area contributed by atoms with Crippen molar-refractivity contribution in [3.63, 3.8) is 0 Å². The summed E-state index contributed by atoms with van der Waals surface area (Å²) in [6.07, 6.45) is 1.54. The van der Waals surface area contributed by atoms with E-state index in [1.807, 2.05) is 49.4 Å². The van der Waals surface area contributed by atoms with Gasteiger partial charge in [-0.05, 0) is 105 Å². The molecule has 162 valence electrons. The van der Waals surface area contributed by atoms with Crippen LogP contribution in [0.5, 0.6) is 5.75 Å². The van der Waals surface area contributed by atoms with Gasteiger partial charge in [0.1, 0.15) is 24.0 Å². The first kappa shape index (κ1) is 24.8. The number of ether oxygens (including phenoxy) is 1. The molecule has 0 atom stereocenters. The normalized spacial score (nSPS) is 11.1. The number of carbonyl (C=O) groups is 1. The zero-order valence-electron chi connectivity index (χ0n) is 16.8. The highest BCUT2D eigenvalue weighted by atomic mass is 127. The lowest BCUT2D eigenvalue weighted by Crippen LogP contribution is -2.13. The number of nitrogens with zero attached hydrogens (tertiary/aromatic N) is 1. The summed E-state index contributed by atoms with van der Waals surface area (Å²) in [4.78, 5) is 12.6.